The molecular formula is C19H18FN7O. The maximum absolute atomic E-state index is 14.2. The SMILES string of the molecule is Cc1cc(C(=O)N2CCc3[nH]cnc3C2c2cc3c(F)cccn3n2)n(C)n1. The van der Waals surface area contributed by atoms with Crippen molar-refractivity contribution in [1.29, 1.82) is 0 Å². The van der Waals surface area contributed by atoms with Crippen LogP contribution in [-0.2, 0) is 13.5 Å². The van der Waals surface area contributed by atoms with Crippen molar-refractivity contribution in [3.63, 3.8) is 0 Å². The maximum Gasteiger partial charge on any atom is 0.273 e. The smallest absolute Gasteiger partial charge is 0.273 e. The molecule has 1 atom stereocenters. The van der Waals surface area contributed by atoms with Gasteiger partial charge in [0.25, 0.3) is 5.91 Å². The Labute approximate surface area is 159 Å². The second-order valence-corrected chi connectivity index (χ2v) is 6.97. The highest BCUT2D eigenvalue weighted by Gasteiger charge is 2.37. The van der Waals surface area contributed by atoms with Gasteiger partial charge in [-0.25, -0.2) is 13.9 Å². The van der Waals surface area contributed by atoms with E-state index in [2.05, 4.69) is 20.2 Å². The summed E-state index contributed by atoms with van der Waals surface area (Å²) >= 11 is 0. The molecule has 4 aromatic rings. The minimum atomic E-state index is -0.503. The lowest BCUT2D eigenvalue weighted by molar-refractivity contribution is 0.0675. The third kappa shape index (κ3) is 2.43. The molecule has 0 radical (unpaired) electrons. The Morgan fingerprint density at radius 2 is 2.18 bits per heavy atom. The van der Waals surface area contributed by atoms with Crippen molar-refractivity contribution in [3.05, 3.63) is 71.1 Å². The van der Waals surface area contributed by atoms with Crippen molar-refractivity contribution in [1.82, 2.24) is 34.3 Å². The van der Waals surface area contributed by atoms with Gasteiger partial charge in [0.1, 0.15) is 23.1 Å². The average Bonchev–Trinajstić information content (AvgIpc) is 3.38. The van der Waals surface area contributed by atoms with Gasteiger partial charge >= 0.3 is 0 Å². The van der Waals surface area contributed by atoms with Gasteiger partial charge < -0.3 is 9.88 Å². The van der Waals surface area contributed by atoms with Gasteiger partial charge in [-0.2, -0.15) is 10.2 Å². The molecule has 28 heavy (non-hydrogen) atoms. The Bertz CT molecular complexity index is 1200. The van der Waals surface area contributed by atoms with Crippen LogP contribution in [0.25, 0.3) is 5.52 Å². The molecule has 4 aromatic heterocycles. The number of nitrogens with zero attached hydrogens (tertiary/aromatic N) is 6. The molecule has 0 aliphatic carbocycles. The lowest BCUT2D eigenvalue weighted by Gasteiger charge is -2.33. The summed E-state index contributed by atoms with van der Waals surface area (Å²) < 4.78 is 17.3. The first-order valence-corrected chi connectivity index (χ1v) is 9.00. The van der Waals surface area contributed by atoms with Crippen LogP contribution >= 0.6 is 0 Å². The van der Waals surface area contributed by atoms with Crippen LogP contribution < -0.4 is 0 Å². The molecular weight excluding hydrogens is 361 g/mol. The van der Waals surface area contributed by atoms with Gasteiger partial charge in [-0.15, -0.1) is 0 Å². The van der Waals surface area contributed by atoms with Gasteiger partial charge in [0.05, 0.1) is 23.4 Å². The Hall–Kier alpha value is -3.49. The van der Waals surface area contributed by atoms with Crippen LogP contribution in [0.3, 0.4) is 0 Å². The van der Waals surface area contributed by atoms with E-state index in [4.69, 9.17) is 0 Å². The third-order valence-corrected chi connectivity index (χ3v) is 5.16. The summed E-state index contributed by atoms with van der Waals surface area (Å²) in [5, 5.41) is 8.82. The predicted octanol–water partition coefficient (Wildman–Crippen LogP) is 2.03. The molecule has 1 aliphatic heterocycles. The summed E-state index contributed by atoms with van der Waals surface area (Å²) in [6, 6.07) is 5.93. The minimum Gasteiger partial charge on any atom is -0.348 e. The van der Waals surface area contributed by atoms with E-state index >= 15 is 0 Å². The first-order chi connectivity index (χ1) is 13.5. The summed E-state index contributed by atoms with van der Waals surface area (Å²) in [5.41, 5.74) is 3.91. The molecule has 1 N–H and O–H groups in total. The minimum absolute atomic E-state index is 0.153. The standard InChI is InChI=1S/C19H18FN7O/c1-11-8-16(25(2)23-11)19(28)26-7-5-13-17(22-10-21-13)18(26)14-9-15-12(20)4-3-6-27(15)24-14/h3-4,6,8-10,18H,5,7H2,1-2H3,(H,21,22). The number of fused-ring (bicyclic) bond motifs is 2. The van der Waals surface area contributed by atoms with E-state index in [1.807, 2.05) is 6.92 Å². The number of aromatic nitrogens is 6. The number of pyridine rings is 1. The van der Waals surface area contributed by atoms with E-state index in [1.165, 1.54) is 10.6 Å². The van der Waals surface area contributed by atoms with Gasteiger partial charge in [0, 0.05) is 31.9 Å². The van der Waals surface area contributed by atoms with Crippen LogP contribution in [0, 0.1) is 12.7 Å². The van der Waals surface area contributed by atoms with E-state index in [0.29, 0.717) is 29.9 Å². The van der Waals surface area contributed by atoms with E-state index in [0.717, 1.165) is 17.1 Å². The van der Waals surface area contributed by atoms with Crippen molar-refractivity contribution in [2.24, 2.45) is 7.05 Å². The number of carbonyl (C=O) groups is 1. The molecule has 0 fully saturated rings. The Balaban J connectivity index is 1.65. The molecule has 0 aromatic carbocycles. The molecule has 9 heteroatoms. The highest BCUT2D eigenvalue weighted by Crippen LogP contribution is 2.34. The summed E-state index contributed by atoms with van der Waals surface area (Å²) in [6.45, 7) is 2.35. The van der Waals surface area contributed by atoms with Crippen molar-refractivity contribution < 1.29 is 9.18 Å². The number of amides is 1. The molecule has 5 heterocycles. The Kier molecular flexibility index (Phi) is 3.58. The molecule has 142 valence electrons. The number of hydrogen-bond acceptors (Lipinski definition) is 4. The zero-order valence-electron chi connectivity index (χ0n) is 15.4. The second-order valence-electron chi connectivity index (χ2n) is 6.97. The largest absolute Gasteiger partial charge is 0.348 e. The number of rotatable bonds is 2. The van der Waals surface area contributed by atoms with Gasteiger partial charge in [-0.3, -0.25) is 9.48 Å². The summed E-state index contributed by atoms with van der Waals surface area (Å²) in [4.78, 5) is 22.7. The fraction of sp³-hybridized carbons (Fsp3) is 0.263. The molecule has 1 unspecified atom stereocenters. The number of H-pyrrole nitrogens is 1. The highest BCUT2D eigenvalue weighted by atomic mass is 19.1. The highest BCUT2D eigenvalue weighted by molar-refractivity contribution is 5.93. The average molecular weight is 379 g/mol. The first kappa shape index (κ1) is 16.7. The number of imidazole rings is 1. The van der Waals surface area contributed by atoms with Crippen LogP contribution in [0.15, 0.2) is 36.8 Å². The number of hydrogen-bond donors (Lipinski definition) is 1. The molecule has 0 saturated carbocycles. The van der Waals surface area contributed by atoms with Crippen LogP contribution in [0.4, 0.5) is 4.39 Å². The second kappa shape index (κ2) is 6.01. The van der Waals surface area contributed by atoms with Gasteiger partial charge in [0.15, 0.2) is 0 Å². The lowest BCUT2D eigenvalue weighted by atomic mass is 9.99. The topological polar surface area (TPSA) is 84.1 Å². The molecule has 0 bridgehead atoms. The van der Waals surface area contributed by atoms with Crippen molar-refractivity contribution >= 4 is 11.4 Å². The number of aromatic amines is 1. The normalized spacial score (nSPS) is 16.5. The molecule has 8 nitrogen and oxygen atoms in total. The molecule has 0 spiro atoms. The monoisotopic (exact) mass is 379 g/mol. The zero-order chi connectivity index (χ0) is 19.4. The number of nitrogens with one attached hydrogen (secondary N) is 1. The zero-order valence-corrected chi connectivity index (χ0v) is 15.4. The predicted molar refractivity (Wildman–Crippen MR) is 98.3 cm³/mol. The van der Waals surface area contributed by atoms with Gasteiger partial charge in [-0.05, 0) is 31.2 Å². The van der Waals surface area contributed by atoms with Crippen LogP contribution in [-0.4, -0.2) is 46.7 Å². The van der Waals surface area contributed by atoms with Crippen LogP contribution in [0.2, 0.25) is 0 Å². The van der Waals surface area contributed by atoms with Gasteiger partial charge in [-0.1, -0.05) is 0 Å². The number of carbonyl (C=O) groups excluding carboxylic acids is 1. The Morgan fingerprint density at radius 1 is 1.32 bits per heavy atom. The summed E-state index contributed by atoms with van der Waals surface area (Å²) in [7, 11) is 1.75. The third-order valence-electron chi connectivity index (χ3n) is 5.16. The summed E-state index contributed by atoms with van der Waals surface area (Å²) in [5.74, 6) is -0.515. The molecule has 5 rings (SSSR count). The number of aryl methyl sites for hydroxylation is 2. The van der Waals surface area contributed by atoms with E-state index in [-0.39, 0.29) is 11.7 Å². The van der Waals surface area contributed by atoms with Crippen molar-refractivity contribution in [2.45, 2.75) is 19.4 Å². The molecule has 1 aliphatic rings. The first-order valence-electron chi connectivity index (χ1n) is 9.00. The van der Waals surface area contributed by atoms with Crippen molar-refractivity contribution in [3.8, 4) is 0 Å². The molecule has 1 amide bonds. The quantitative estimate of drug-likeness (QED) is 0.578. The van der Waals surface area contributed by atoms with Crippen LogP contribution in [0.1, 0.15) is 39.3 Å². The summed E-state index contributed by atoms with van der Waals surface area (Å²) in [6.07, 6.45) is 3.97. The fourth-order valence-corrected chi connectivity index (χ4v) is 3.89. The van der Waals surface area contributed by atoms with E-state index < -0.39 is 6.04 Å². The van der Waals surface area contributed by atoms with Crippen molar-refractivity contribution in [2.75, 3.05) is 6.54 Å². The molecule has 0 saturated heterocycles. The van der Waals surface area contributed by atoms with E-state index in [9.17, 15) is 9.18 Å². The van der Waals surface area contributed by atoms with E-state index in [1.54, 1.807) is 47.4 Å². The maximum atomic E-state index is 14.2. The number of halogens is 1. The Morgan fingerprint density at radius 3 is 2.93 bits per heavy atom. The fourth-order valence-electron chi connectivity index (χ4n) is 3.89. The lowest BCUT2D eigenvalue weighted by Crippen LogP contribution is -2.41. The van der Waals surface area contributed by atoms with Gasteiger partial charge in [0.2, 0.25) is 0 Å². The van der Waals surface area contributed by atoms with Crippen LogP contribution in [0.5, 0.6) is 0 Å².